The van der Waals surface area contributed by atoms with Crippen molar-refractivity contribution in [2.75, 3.05) is 5.33 Å². The van der Waals surface area contributed by atoms with E-state index in [0.717, 1.165) is 12.1 Å². The molecule has 0 atom stereocenters. The standard InChI is InChI=1S/C9H7BrFNO3/c1-5-2-8(12(14)15)6(3-7(5)11)9(13)4-10/h2-3H,4H2,1H3. The minimum atomic E-state index is -0.692. The van der Waals surface area contributed by atoms with Gasteiger partial charge in [-0.15, -0.1) is 0 Å². The average Bonchev–Trinajstić information content (AvgIpc) is 2.20. The zero-order valence-electron chi connectivity index (χ0n) is 7.79. The molecule has 0 heterocycles. The van der Waals surface area contributed by atoms with Crippen LogP contribution in [0.4, 0.5) is 10.1 Å². The van der Waals surface area contributed by atoms with Crippen LogP contribution in [0, 0.1) is 22.9 Å². The molecule has 0 unspecified atom stereocenters. The zero-order chi connectivity index (χ0) is 11.6. The number of hydrogen-bond acceptors (Lipinski definition) is 3. The predicted octanol–water partition coefficient (Wildman–Crippen LogP) is 2.62. The van der Waals surface area contributed by atoms with Gasteiger partial charge in [0.05, 0.1) is 15.8 Å². The summed E-state index contributed by atoms with van der Waals surface area (Å²) in [6.45, 7) is 1.41. The first-order valence-corrected chi connectivity index (χ1v) is 5.13. The van der Waals surface area contributed by atoms with Crippen LogP contribution in [0.15, 0.2) is 12.1 Å². The second kappa shape index (κ2) is 4.48. The van der Waals surface area contributed by atoms with Crippen LogP contribution in [0.25, 0.3) is 0 Å². The predicted molar refractivity (Wildman–Crippen MR) is 55.9 cm³/mol. The van der Waals surface area contributed by atoms with Crippen molar-refractivity contribution in [1.29, 1.82) is 0 Å². The van der Waals surface area contributed by atoms with Gasteiger partial charge in [0, 0.05) is 6.07 Å². The number of hydrogen-bond donors (Lipinski definition) is 0. The Morgan fingerprint density at radius 2 is 2.20 bits per heavy atom. The maximum Gasteiger partial charge on any atom is 0.280 e. The molecule has 0 bridgehead atoms. The van der Waals surface area contributed by atoms with Crippen molar-refractivity contribution in [3.63, 3.8) is 0 Å². The van der Waals surface area contributed by atoms with Gasteiger partial charge < -0.3 is 0 Å². The molecule has 0 saturated heterocycles. The van der Waals surface area contributed by atoms with Gasteiger partial charge in [0.2, 0.25) is 0 Å². The highest BCUT2D eigenvalue weighted by molar-refractivity contribution is 9.09. The fourth-order valence-corrected chi connectivity index (χ4v) is 1.41. The van der Waals surface area contributed by atoms with Crippen LogP contribution >= 0.6 is 15.9 Å². The smallest absolute Gasteiger partial charge is 0.280 e. The highest BCUT2D eigenvalue weighted by Gasteiger charge is 2.21. The van der Waals surface area contributed by atoms with Gasteiger partial charge >= 0.3 is 0 Å². The van der Waals surface area contributed by atoms with E-state index >= 15 is 0 Å². The van der Waals surface area contributed by atoms with Crippen molar-refractivity contribution in [3.8, 4) is 0 Å². The van der Waals surface area contributed by atoms with E-state index in [1.807, 2.05) is 0 Å². The Bertz CT molecular complexity index is 434. The van der Waals surface area contributed by atoms with Gasteiger partial charge in [0.15, 0.2) is 5.78 Å². The third-order valence-electron chi connectivity index (χ3n) is 1.90. The summed E-state index contributed by atoms with van der Waals surface area (Å²) in [6, 6.07) is 1.96. The van der Waals surface area contributed by atoms with Gasteiger partial charge in [-0.3, -0.25) is 14.9 Å². The van der Waals surface area contributed by atoms with Crippen molar-refractivity contribution in [1.82, 2.24) is 0 Å². The zero-order valence-corrected chi connectivity index (χ0v) is 9.38. The summed E-state index contributed by atoms with van der Waals surface area (Å²) in [6.07, 6.45) is 0. The van der Waals surface area contributed by atoms with E-state index in [1.165, 1.54) is 6.92 Å². The molecule has 0 fully saturated rings. The number of nitro benzene ring substituents is 1. The number of alkyl halides is 1. The van der Waals surface area contributed by atoms with Crippen molar-refractivity contribution >= 4 is 27.4 Å². The molecule has 1 aromatic carbocycles. The maximum absolute atomic E-state index is 13.1. The van der Waals surface area contributed by atoms with Crippen LogP contribution in [-0.2, 0) is 0 Å². The van der Waals surface area contributed by atoms with E-state index in [2.05, 4.69) is 15.9 Å². The molecule has 0 saturated carbocycles. The first-order valence-electron chi connectivity index (χ1n) is 4.01. The molecule has 80 valence electrons. The van der Waals surface area contributed by atoms with Crippen LogP contribution in [-0.4, -0.2) is 16.0 Å². The van der Waals surface area contributed by atoms with Gasteiger partial charge in [0.1, 0.15) is 5.82 Å². The van der Waals surface area contributed by atoms with Crippen LogP contribution in [0.5, 0.6) is 0 Å². The number of Topliss-reactive ketones (excluding diaryl/α,β-unsaturated/α-hetero) is 1. The number of ketones is 1. The SMILES string of the molecule is Cc1cc([N+](=O)[O-])c(C(=O)CBr)cc1F. The van der Waals surface area contributed by atoms with Gasteiger partial charge in [-0.1, -0.05) is 15.9 Å². The quantitative estimate of drug-likeness (QED) is 0.369. The molecular weight excluding hydrogens is 269 g/mol. The van der Waals surface area contributed by atoms with Crippen molar-refractivity contribution in [2.24, 2.45) is 0 Å². The van der Waals surface area contributed by atoms with E-state index in [1.54, 1.807) is 0 Å². The Balaban J connectivity index is 3.41. The minimum Gasteiger partial charge on any atom is -0.293 e. The number of carbonyl (C=O) groups is 1. The molecule has 0 spiro atoms. The second-order valence-corrected chi connectivity index (χ2v) is 3.49. The molecule has 0 aliphatic rings. The van der Waals surface area contributed by atoms with Crippen molar-refractivity contribution < 1.29 is 14.1 Å². The lowest BCUT2D eigenvalue weighted by atomic mass is 10.1. The number of carbonyl (C=O) groups excluding carboxylic acids is 1. The van der Waals surface area contributed by atoms with Gasteiger partial charge in [-0.05, 0) is 18.6 Å². The van der Waals surface area contributed by atoms with Gasteiger partial charge in [-0.25, -0.2) is 4.39 Å². The highest BCUT2D eigenvalue weighted by atomic mass is 79.9. The summed E-state index contributed by atoms with van der Waals surface area (Å²) < 4.78 is 13.1. The monoisotopic (exact) mass is 275 g/mol. The summed E-state index contributed by atoms with van der Waals surface area (Å²) in [4.78, 5) is 21.2. The van der Waals surface area contributed by atoms with Crippen LogP contribution in [0.2, 0.25) is 0 Å². The summed E-state index contributed by atoms with van der Waals surface area (Å²) in [5.74, 6) is -1.13. The number of rotatable bonds is 3. The van der Waals surface area contributed by atoms with Crippen LogP contribution in [0.3, 0.4) is 0 Å². The van der Waals surface area contributed by atoms with E-state index in [9.17, 15) is 19.3 Å². The Hall–Kier alpha value is -1.30. The third kappa shape index (κ3) is 2.38. The molecule has 6 heteroatoms. The summed E-state index contributed by atoms with van der Waals surface area (Å²) in [5.41, 5.74) is -0.425. The Kier molecular flexibility index (Phi) is 3.52. The Labute approximate surface area is 93.4 Å². The van der Waals surface area contributed by atoms with E-state index < -0.39 is 16.5 Å². The summed E-state index contributed by atoms with van der Waals surface area (Å²) in [7, 11) is 0. The Morgan fingerprint density at radius 3 is 2.67 bits per heavy atom. The number of nitrogens with zero attached hydrogens (tertiary/aromatic N) is 1. The fourth-order valence-electron chi connectivity index (χ4n) is 1.11. The molecule has 0 aliphatic carbocycles. The van der Waals surface area contributed by atoms with E-state index in [0.29, 0.717) is 0 Å². The molecule has 0 N–H and O–H groups in total. The number of nitro groups is 1. The molecule has 0 amide bonds. The minimum absolute atomic E-state index is 0.0731. The molecule has 0 aliphatic heterocycles. The van der Waals surface area contributed by atoms with Gasteiger partial charge in [0.25, 0.3) is 5.69 Å². The van der Waals surface area contributed by atoms with Crippen LogP contribution in [0.1, 0.15) is 15.9 Å². The summed E-state index contributed by atoms with van der Waals surface area (Å²) in [5, 5.41) is 10.5. The molecule has 1 aromatic rings. The largest absolute Gasteiger partial charge is 0.293 e. The molecule has 0 radical (unpaired) electrons. The lowest BCUT2D eigenvalue weighted by Crippen LogP contribution is -2.06. The first kappa shape index (κ1) is 11.8. The number of aryl methyl sites for hydroxylation is 1. The highest BCUT2D eigenvalue weighted by Crippen LogP contribution is 2.23. The fraction of sp³-hybridized carbons (Fsp3) is 0.222. The molecule has 1 rings (SSSR count). The van der Waals surface area contributed by atoms with Crippen molar-refractivity contribution in [2.45, 2.75) is 6.92 Å². The third-order valence-corrected chi connectivity index (χ3v) is 2.40. The normalized spacial score (nSPS) is 10.1. The van der Waals surface area contributed by atoms with Gasteiger partial charge in [-0.2, -0.15) is 0 Å². The summed E-state index contributed by atoms with van der Waals surface area (Å²) >= 11 is 2.88. The molecule has 4 nitrogen and oxygen atoms in total. The van der Waals surface area contributed by atoms with Crippen molar-refractivity contribution in [3.05, 3.63) is 39.2 Å². The Morgan fingerprint density at radius 1 is 1.60 bits per heavy atom. The molecule has 15 heavy (non-hydrogen) atoms. The average molecular weight is 276 g/mol. The first-order chi connectivity index (χ1) is 6.97. The molecule has 0 aromatic heterocycles. The molecular formula is C9H7BrFNO3. The lowest BCUT2D eigenvalue weighted by Gasteiger charge is -2.02. The maximum atomic E-state index is 13.1. The number of benzene rings is 1. The van der Waals surface area contributed by atoms with E-state index in [4.69, 9.17) is 0 Å². The second-order valence-electron chi connectivity index (χ2n) is 2.93. The topological polar surface area (TPSA) is 60.2 Å². The lowest BCUT2D eigenvalue weighted by molar-refractivity contribution is -0.385. The van der Waals surface area contributed by atoms with E-state index in [-0.39, 0.29) is 22.1 Å². The number of halogens is 2. The van der Waals surface area contributed by atoms with Crippen LogP contribution < -0.4 is 0 Å².